The summed E-state index contributed by atoms with van der Waals surface area (Å²) in [7, 11) is -1.80. The summed E-state index contributed by atoms with van der Waals surface area (Å²) in [5, 5.41) is 0.180. The van der Waals surface area contributed by atoms with Crippen LogP contribution in [0.2, 0.25) is 18.1 Å². The summed E-state index contributed by atoms with van der Waals surface area (Å²) in [5.41, 5.74) is 1.74. The highest BCUT2D eigenvalue weighted by atomic mass is 28.4. The van der Waals surface area contributed by atoms with Crippen LogP contribution in [0.3, 0.4) is 0 Å². The summed E-state index contributed by atoms with van der Waals surface area (Å²) < 4.78 is 21.6. The molecule has 1 atom stereocenters. The first-order valence-corrected chi connectivity index (χ1v) is 11.6. The Morgan fingerprint density at radius 3 is 2.48 bits per heavy atom. The molecular weight excluding hydrogens is 331 g/mol. The molecule has 0 amide bonds. The Morgan fingerprint density at radius 2 is 1.92 bits per heavy atom. The van der Waals surface area contributed by atoms with E-state index in [0.717, 1.165) is 17.7 Å². The minimum atomic E-state index is -1.80. The van der Waals surface area contributed by atoms with Crippen molar-refractivity contribution >= 4 is 8.32 Å². The van der Waals surface area contributed by atoms with Crippen molar-refractivity contribution in [2.75, 3.05) is 6.61 Å². The van der Waals surface area contributed by atoms with Gasteiger partial charge in [0.25, 0.3) is 0 Å². The van der Waals surface area contributed by atoms with Gasteiger partial charge in [0.05, 0.1) is 24.7 Å². The fraction of sp³-hybridized carbons (Fsp3) is 0.450. The highest BCUT2D eigenvalue weighted by Gasteiger charge is 2.37. The largest absolute Gasteiger partial charge is 0.415 e. The van der Waals surface area contributed by atoms with E-state index in [9.17, 15) is 4.39 Å². The lowest BCUT2D eigenvalue weighted by atomic mass is 10.1. The normalized spacial score (nSPS) is 13.7. The monoisotopic (exact) mass is 360 g/mol. The van der Waals surface area contributed by atoms with Gasteiger partial charge in [0, 0.05) is 11.8 Å². The van der Waals surface area contributed by atoms with Crippen LogP contribution in [0.4, 0.5) is 4.39 Å². The Hall–Kier alpha value is -1.72. The molecule has 0 radical (unpaired) electrons. The van der Waals surface area contributed by atoms with E-state index in [1.807, 2.05) is 18.6 Å². The molecule has 5 heteroatoms. The topological polar surface area (TPSA) is 27.1 Å². The van der Waals surface area contributed by atoms with Gasteiger partial charge in [0.15, 0.2) is 8.32 Å². The van der Waals surface area contributed by atoms with Crippen LogP contribution in [0.15, 0.2) is 49.4 Å². The second kappa shape index (κ2) is 7.66. The van der Waals surface area contributed by atoms with Gasteiger partial charge in [-0.05, 0) is 48.8 Å². The highest BCUT2D eigenvalue weighted by molar-refractivity contribution is 6.74. The molecule has 2 aromatic rings. The Labute approximate surface area is 151 Å². The van der Waals surface area contributed by atoms with Crippen LogP contribution in [0.1, 0.15) is 33.2 Å². The van der Waals surface area contributed by atoms with Gasteiger partial charge in [-0.2, -0.15) is 0 Å². The molecule has 0 unspecified atom stereocenters. The minimum absolute atomic E-state index is 0.160. The number of benzene rings is 1. The SMILES string of the molecule is C=CC[C@@H](CO[Si](C)(C)C(C)(C)C)n1cnc(-c2ccc(F)cc2)c1. The zero-order valence-corrected chi connectivity index (χ0v) is 16.9. The molecule has 0 saturated heterocycles. The number of aromatic nitrogens is 2. The van der Waals surface area contributed by atoms with E-state index < -0.39 is 8.32 Å². The summed E-state index contributed by atoms with van der Waals surface area (Å²) in [4.78, 5) is 4.47. The molecule has 0 bridgehead atoms. The van der Waals surface area contributed by atoms with Crippen molar-refractivity contribution in [2.24, 2.45) is 0 Å². The molecule has 0 aliphatic rings. The van der Waals surface area contributed by atoms with E-state index >= 15 is 0 Å². The van der Waals surface area contributed by atoms with Crippen LogP contribution >= 0.6 is 0 Å². The molecule has 1 heterocycles. The van der Waals surface area contributed by atoms with E-state index in [2.05, 4.69) is 50.0 Å². The summed E-state index contributed by atoms with van der Waals surface area (Å²) in [5.74, 6) is -0.240. The number of hydrogen-bond donors (Lipinski definition) is 0. The van der Waals surface area contributed by atoms with Crippen molar-refractivity contribution in [2.45, 2.75) is 51.4 Å². The van der Waals surface area contributed by atoms with Crippen molar-refractivity contribution in [1.82, 2.24) is 9.55 Å². The van der Waals surface area contributed by atoms with Gasteiger partial charge < -0.3 is 8.99 Å². The van der Waals surface area contributed by atoms with E-state index in [-0.39, 0.29) is 16.9 Å². The zero-order chi connectivity index (χ0) is 18.7. The standard InChI is InChI=1S/C20H29FN2OSi/c1-7-8-18(14-24-25(5,6)20(2,3)4)23-13-19(22-15-23)16-9-11-17(21)12-10-16/h7,9-13,15,18H,1,8,14H2,2-6H3/t18-/m0/s1. The molecule has 1 aromatic carbocycles. The number of halogens is 1. The van der Waals surface area contributed by atoms with Crippen molar-refractivity contribution in [3.63, 3.8) is 0 Å². The first-order chi connectivity index (χ1) is 11.6. The number of nitrogens with zero attached hydrogens (tertiary/aromatic N) is 2. The number of hydrogen-bond acceptors (Lipinski definition) is 2. The third-order valence-electron chi connectivity index (χ3n) is 5.04. The second-order valence-electron chi connectivity index (χ2n) is 7.96. The van der Waals surface area contributed by atoms with Crippen molar-refractivity contribution in [3.8, 4) is 11.3 Å². The molecule has 0 saturated carbocycles. The average molecular weight is 361 g/mol. The maximum Gasteiger partial charge on any atom is 0.192 e. The molecule has 25 heavy (non-hydrogen) atoms. The zero-order valence-electron chi connectivity index (χ0n) is 15.9. The molecule has 1 aromatic heterocycles. The van der Waals surface area contributed by atoms with Crippen LogP contribution in [-0.4, -0.2) is 24.5 Å². The van der Waals surface area contributed by atoms with Gasteiger partial charge in [0.1, 0.15) is 5.82 Å². The lowest BCUT2D eigenvalue weighted by Gasteiger charge is -2.37. The van der Waals surface area contributed by atoms with Crippen LogP contribution in [0.5, 0.6) is 0 Å². The van der Waals surface area contributed by atoms with Crippen molar-refractivity contribution < 1.29 is 8.82 Å². The maximum absolute atomic E-state index is 13.1. The first-order valence-electron chi connectivity index (χ1n) is 8.68. The Morgan fingerprint density at radius 1 is 1.28 bits per heavy atom. The third kappa shape index (κ3) is 4.89. The second-order valence-corrected chi connectivity index (χ2v) is 12.8. The predicted molar refractivity (Wildman–Crippen MR) is 105 cm³/mol. The van der Waals surface area contributed by atoms with Gasteiger partial charge in [-0.1, -0.05) is 26.8 Å². The molecule has 136 valence electrons. The van der Waals surface area contributed by atoms with Crippen LogP contribution in [0.25, 0.3) is 11.3 Å². The minimum Gasteiger partial charge on any atom is -0.415 e. The van der Waals surface area contributed by atoms with E-state index in [1.54, 1.807) is 12.1 Å². The molecular formula is C20H29FN2OSi. The van der Waals surface area contributed by atoms with Crippen molar-refractivity contribution in [1.29, 1.82) is 0 Å². The predicted octanol–water partition coefficient (Wildman–Crippen LogP) is 5.83. The summed E-state index contributed by atoms with van der Waals surface area (Å²) in [6.07, 6.45) is 6.54. The van der Waals surface area contributed by atoms with Gasteiger partial charge in [-0.15, -0.1) is 6.58 Å². The third-order valence-corrected chi connectivity index (χ3v) is 9.55. The molecule has 0 fully saturated rings. The van der Waals surface area contributed by atoms with E-state index in [0.29, 0.717) is 6.61 Å². The average Bonchev–Trinajstić information content (AvgIpc) is 3.00. The lowest BCUT2D eigenvalue weighted by Crippen LogP contribution is -2.42. The summed E-state index contributed by atoms with van der Waals surface area (Å²) >= 11 is 0. The van der Waals surface area contributed by atoms with Gasteiger partial charge in [-0.3, -0.25) is 0 Å². The maximum atomic E-state index is 13.1. The van der Waals surface area contributed by atoms with Crippen LogP contribution in [-0.2, 0) is 4.43 Å². The summed E-state index contributed by atoms with van der Waals surface area (Å²) in [6, 6.07) is 6.56. The smallest absolute Gasteiger partial charge is 0.192 e. The number of allylic oxidation sites excluding steroid dienone is 1. The fourth-order valence-corrected chi connectivity index (χ4v) is 3.34. The van der Waals surface area contributed by atoms with Gasteiger partial charge >= 0.3 is 0 Å². The van der Waals surface area contributed by atoms with E-state index in [1.165, 1.54) is 12.1 Å². The number of rotatable bonds is 7. The Balaban J connectivity index is 2.15. The molecule has 0 aliphatic carbocycles. The van der Waals surface area contributed by atoms with Crippen molar-refractivity contribution in [3.05, 3.63) is 55.3 Å². The first kappa shape index (κ1) is 19.6. The van der Waals surface area contributed by atoms with Gasteiger partial charge in [-0.25, -0.2) is 9.37 Å². The summed E-state index contributed by atoms with van der Waals surface area (Å²) in [6.45, 7) is 15.8. The molecule has 2 rings (SSSR count). The molecule has 3 nitrogen and oxygen atoms in total. The Bertz CT molecular complexity index is 701. The van der Waals surface area contributed by atoms with Gasteiger partial charge in [0.2, 0.25) is 0 Å². The molecule has 0 aliphatic heterocycles. The fourth-order valence-electron chi connectivity index (χ4n) is 2.30. The van der Waals surface area contributed by atoms with Crippen LogP contribution < -0.4 is 0 Å². The van der Waals surface area contributed by atoms with E-state index in [4.69, 9.17) is 4.43 Å². The van der Waals surface area contributed by atoms with Crippen LogP contribution in [0, 0.1) is 5.82 Å². The molecule has 0 spiro atoms. The lowest BCUT2D eigenvalue weighted by molar-refractivity contribution is 0.230. The molecule has 0 N–H and O–H groups in total. The number of imidazole rings is 1. The quantitative estimate of drug-likeness (QED) is 0.459. The highest BCUT2D eigenvalue weighted by Crippen LogP contribution is 2.37. The Kier molecular flexibility index (Phi) is 6.01.